The molecule has 2 nitrogen and oxygen atoms in total. The van der Waals surface area contributed by atoms with E-state index < -0.39 is 0 Å². The minimum absolute atomic E-state index is 0.371. The zero-order valence-corrected chi connectivity index (χ0v) is 11.5. The number of benzene rings is 1. The number of aliphatic hydroxyl groups excluding tert-OH is 1. The van der Waals surface area contributed by atoms with E-state index >= 15 is 0 Å². The zero-order chi connectivity index (χ0) is 12.8. The summed E-state index contributed by atoms with van der Waals surface area (Å²) in [7, 11) is 0. The van der Waals surface area contributed by atoms with Gasteiger partial charge >= 0.3 is 0 Å². The molecular formula is C15H19NOS. The standard InChI is InChI=1S/C15H19NOS/c1-18-12-14(13-8-4-2-5-9-13)15(17)16-10-6-3-7-11-16/h2,4-5,8-9,17H,3,6-7,10-11H2,1H3/b15-14+. The average Bonchev–Trinajstić information content (AvgIpc) is 2.46. The lowest BCUT2D eigenvalue weighted by molar-refractivity contribution is 0.177. The summed E-state index contributed by atoms with van der Waals surface area (Å²) >= 11 is 1.50. The fourth-order valence-electron chi connectivity index (χ4n) is 2.20. The largest absolute Gasteiger partial charge is 0.494 e. The molecule has 1 saturated heterocycles. The quantitative estimate of drug-likeness (QED) is 0.834. The number of likely N-dealkylation sites (tertiary alicyclic amines) is 1. The van der Waals surface area contributed by atoms with Crippen molar-refractivity contribution < 1.29 is 5.11 Å². The molecule has 2 rings (SSSR count). The molecule has 0 aromatic heterocycles. The number of rotatable bonds is 4. The third-order valence-corrected chi connectivity index (χ3v) is 3.55. The Morgan fingerprint density at radius 2 is 1.83 bits per heavy atom. The van der Waals surface area contributed by atoms with Gasteiger partial charge in [-0.2, -0.15) is 0 Å². The fourth-order valence-corrected chi connectivity index (χ4v) is 2.62. The van der Waals surface area contributed by atoms with E-state index in [9.17, 15) is 5.11 Å². The first-order valence-corrected chi connectivity index (χ1v) is 7.58. The lowest BCUT2D eigenvalue weighted by atomic mass is 10.1. The van der Waals surface area contributed by atoms with Gasteiger partial charge in [0.2, 0.25) is 0 Å². The molecule has 2 radical (unpaired) electrons. The first-order chi connectivity index (χ1) is 8.83. The topological polar surface area (TPSA) is 23.5 Å². The third kappa shape index (κ3) is 3.22. The molecule has 1 N–H and O–H groups in total. The summed E-state index contributed by atoms with van der Waals surface area (Å²) in [6.45, 7) is 1.89. The molecule has 0 unspecified atom stereocenters. The molecule has 1 heterocycles. The number of aliphatic hydroxyl groups is 1. The molecule has 1 aromatic carbocycles. The molecule has 0 spiro atoms. The summed E-state index contributed by atoms with van der Waals surface area (Å²) in [4.78, 5) is 2.06. The summed E-state index contributed by atoms with van der Waals surface area (Å²) in [5, 5.41) is 10.4. The van der Waals surface area contributed by atoms with Gasteiger partial charge in [0.05, 0.1) is 5.75 Å². The number of nitrogens with zero attached hydrogens (tertiary/aromatic N) is 1. The molecule has 0 atom stereocenters. The van der Waals surface area contributed by atoms with Crippen molar-refractivity contribution >= 4 is 17.3 Å². The maximum absolute atomic E-state index is 10.4. The lowest BCUT2D eigenvalue weighted by Gasteiger charge is -2.29. The number of hydrogen-bond donors (Lipinski definition) is 1. The highest BCUT2D eigenvalue weighted by Crippen LogP contribution is 2.28. The van der Waals surface area contributed by atoms with E-state index in [0.29, 0.717) is 5.88 Å². The first-order valence-electron chi connectivity index (χ1n) is 6.35. The molecule has 96 valence electrons. The van der Waals surface area contributed by atoms with Crippen molar-refractivity contribution in [3.05, 3.63) is 47.5 Å². The van der Waals surface area contributed by atoms with Crippen molar-refractivity contribution in [2.45, 2.75) is 19.3 Å². The van der Waals surface area contributed by atoms with E-state index in [2.05, 4.69) is 10.7 Å². The van der Waals surface area contributed by atoms with Crippen molar-refractivity contribution in [2.24, 2.45) is 0 Å². The SMILES string of the molecule is CS[C]/C(=C(\O)N1CCCCC1)c1ccccc1. The van der Waals surface area contributed by atoms with Crippen LogP contribution in [0.2, 0.25) is 0 Å². The number of hydrogen-bond acceptors (Lipinski definition) is 3. The second-order valence-electron chi connectivity index (χ2n) is 4.42. The summed E-state index contributed by atoms with van der Waals surface area (Å²) in [5.41, 5.74) is 1.83. The smallest absolute Gasteiger partial charge is 0.192 e. The maximum Gasteiger partial charge on any atom is 0.192 e. The highest BCUT2D eigenvalue weighted by molar-refractivity contribution is 8.01. The molecule has 1 aromatic rings. The second-order valence-corrected chi connectivity index (χ2v) is 5.03. The van der Waals surface area contributed by atoms with E-state index in [1.165, 1.54) is 18.2 Å². The van der Waals surface area contributed by atoms with E-state index in [1.54, 1.807) is 0 Å². The van der Waals surface area contributed by atoms with Crippen LogP contribution in [0.15, 0.2) is 36.2 Å². The van der Waals surface area contributed by atoms with Crippen molar-refractivity contribution in [1.82, 2.24) is 4.90 Å². The summed E-state index contributed by atoms with van der Waals surface area (Å²) in [6.07, 6.45) is 5.55. The summed E-state index contributed by atoms with van der Waals surface area (Å²) in [6, 6.07) is 9.98. The van der Waals surface area contributed by atoms with Crippen LogP contribution in [0, 0.1) is 5.75 Å². The van der Waals surface area contributed by atoms with Gasteiger partial charge in [-0.05, 0) is 31.1 Å². The summed E-state index contributed by atoms with van der Waals surface area (Å²) in [5.74, 6) is 3.57. The van der Waals surface area contributed by atoms with Crippen molar-refractivity contribution in [3.8, 4) is 0 Å². The average molecular weight is 261 g/mol. The van der Waals surface area contributed by atoms with Crippen LogP contribution >= 0.6 is 11.8 Å². The van der Waals surface area contributed by atoms with Gasteiger partial charge in [0, 0.05) is 18.7 Å². The minimum Gasteiger partial charge on any atom is -0.494 e. The van der Waals surface area contributed by atoms with Crippen LogP contribution in [-0.2, 0) is 0 Å². The van der Waals surface area contributed by atoms with Gasteiger partial charge in [-0.15, -0.1) is 11.8 Å². The van der Waals surface area contributed by atoms with Gasteiger partial charge < -0.3 is 10.0 Å². The lowest BCUT2D eigenvalue weighted by Crippen LogP contribution is -2.29. The molecule has 3 heteroatoms. The fraction of sp³-hybridized carbons (Fsp3) is 0.400. The second kappa shape index (κ2) is 6.74. The molecule has 1 aliphatic rings. The van der Waals surface area contributed by atoms with Crippen LogP contribution in [0.25, 0.3) is 5.57 Å². The molecule has 0 saturated carbocycles. The molecule has 1 fully saturated rings. The molecule has 18 heavy (non-hydrogen) atoms. The Hall–Kier alpha value is -1.09. The predicted octanol–water partition coefficient (Wildman–Crippen LogP) is 3.80. The molecular weight excluding hydrogens is 242 g/mol. The Morgan fingerprint density at radius 3 is 2.44 bits per heavy atom. The van der Waals surface area contributed by atoms with Gasteiger partial charge in [0.25, 0.3) is 0 Å². The van der Waals surface area contributed by atoms with Gasteiger partial charge in [0.15, 0.2) is 5.88 Å². The van der Waals surface area contributed by atoms with Crippen LogP contribution in [-0.4, -0.2) is 29.4 Å². The number of piperidine rings is 1. The summed E-state index contributed by atoms with van der Waals surface area (Å²) < 4.78 is 0. The van der Waals surface area contributed by atoms with E-state index in [-0.39, 0.29) is 0 Å². The predicted molar refractivity (Wildman–Crippen MR) is 78.2 cm³/mol. The van der Waals surface area contributed by atoms with Gasteiger partial charge in [-0.25, -0.2) is 0 Å². The highest BCUT2D eigenvalue weighted by atomic mass is 32.2. The Balaban J connectivity index is 2.26. The van der Waals surface area contributed by atoms with Crippen molar-refractivity contribution in [1.29, 1.82) is 0 Å². The molecule has 0 amide bonds. The Bertz CT molecular complexity index is 396. The normalized spacial score (nSPS) is 17.5. The third-order valence-electron chi connectivity index (χ3n) is 3.15. The monoisotopic (exact) mass is 261 g/mol. The van der Waals surface area contributed by atoms with Crippen LogP contribution in [0.5, 0.6) is 0 Å². The maximum atomic E-state index is 10.4. The van der Waals surface area contributed by atoms with Gasteiger partial charge in [-0.1, -0.05) is 30.3 Å². The Labute approximate surface area is 114 Å². The first kappa shape index (κ1) is 13.3. The minimum atomic E-state index is 0.371. The Morgan fingerprint density at radius 1 is 1.17 bits per heavy atom. The van der Waals surface area contributed by atoms with Crippen molar-refractivity contribution in [3.63, 3.8) is 0 Å². The molecule has 0 bridgehead atoms. The van der Waals surface area contributed by atoms with Crippen LogP contribution < -0.4 is 0 Å². The number of thioether (sulfide) groups is 1. The van der Waals surface area contributed by atoms with E-state index in [1.807, 2.05) is 36.6 Å². The highest BCUT2D eigenvalue weighted by Gasteiger charge is 2.17. The van der Waals surface area contributed by atoms with Crippen LogP contribution in [0.3, 0.4) is 0 Å². The molecule has 0 aliphatic carbocycles. The van der Waals surface area contributed by atoms with Crippen LogP contribution in [0.4, 0.5) is 0 Å². The van der Waals surface area contributed by atoms with Crippen LogP contribution in [0.1, 0.15) is 24.8 Å². The van der Waals surface area contributed by atoms with Gasteiger partial charge in [0.1, 0.15) is 0 Å². The van der Waals surface area contributed by atoms with Gasteiger partial charge in [-0.3, -0.25) is 0 Å². The van der Waals surface area contributed by atoms with E-state index in [0.717, 1.165) is 37.1 Å². The van der Waals surface area contributed by atoms with E-state index in [4.69, 9.17) is 0 Å². The molecule has 1 aliphatic heterocycles. The zero-order valence-electron chi connectivity index (χ0n) is 10.7. The Kier molecular flexibility index (Phi) is 5.00. The van der Waals surface area contributed by atoms with Crippen molar-refractivity contribution in [2.75, 3.05) is 19.3 Å².